The first-order valence-corrected chi connectivity index (χ1v) is 7.39. The van der Waals surface area contributed by atoms with E-state index in [1.807, 2.05) is 0 Å². The molecule has 0 N–H and O–H groups in total. The lowest BCUT2D eigenvalue weighted by Gasteiger charge is -2.06. The lowest BCUT2D eigenvalue weighted by atomic mass is 9.99. The fraction of sp³-hybridized carbons (Fsp3) is 0.143. The van der Waals surface area contributed by atoms with Gasteiger partial charge in [-0.3, -0.25) is 0 Å². The van der Waals surface area contributed by atoms with Gasteiger partial charge < -0.3 is 0 Å². The normalized spacial score (nSPS) is 11.4. The summed E-state index contributed by atoms with van der Waals surface area (Å²) in [6, 6.07) is 19.5. The monoisotopic (exact) mass is 272 g/mol. The van der Waals surface area contributed by atoms with E-state index in [4.69, 9.17) is 0 Å². The first-order chi connectivity index (χ1) is 10.1. The third kappa shape index (κ3) is 2.75. The average molecular weight is 272 g/mol. The van der Waals surface area contributed by atoms with Gasteiger partial charge in [0.1, 0.15) is 0 Å². The van der Waals surface area contributed by atoms with Crippen LogP contribution in [0.15, 0.2) is 54.6 Å². The molecule has 3 aromatic rings. The summed E-state index contributed by atoms with van der Waals surface area (Å²) in [7, 11) is 0. The zero-order chi connectivity index (χ0) is 14.8. The fourth-order valence-corrected chi connectivity index (χ4v) is 2.69. The highest BCUT2D eigenvalue weighted by Gasteiger charge is 2.00. The quantitative estimate of drug-likeness (QED) is 0.507. The number of benzene rings is 3. The highest BCUT2D eigenvalue weighted by atomic mass is 14.0. The Kier molecular flexibility index (Phi) is 3.62. The minimum atomic E-state index is 1.29. The van der Waals surface area contributed by atoms with Gasteiger partial charge in [-0.15, -0.1) is 0 Å². The minimum absolute atomic E-state index is 1.29. The molecule has 3 rings (SSSR count). The molecular formula is C21H20. The number of hydrogen-bond acceptors (Lipinski definition) is 0. The van der Waals surface area contributed by atoms with Crippen LogP contribution in [-0.2, 0) is 0 Å². The summed E-state index contributed by atoms with van der Waals surface area (Å²) in [5, 5.41) is 2.60. The Bertz CT molecular complexity index is 823. The molecule has 0 aromatic heterocycles. The molecule has 21 heavy (non-hydrogen) atoms. The van der Waals surface area contributed by atoms with Crippen molar-refractivity contribution in [2.24, 2.45) is 0 Å². The Hall–Kier alpha value is -2.34. The summed E-state index contributed by atoms with van der Waals surface area (Å²) in [4.78, 5) is 0. The van der Waals surface area contributed by atoms with Crippen molar-refractivity contribution < 1.29 is 0 Å². The van der Waals surface area contributed by atoms with Crippen LogP contribution in [-0.4, -0.2) is 0 Å². The standard InChI is InChI=1S/C21H20/c1-15-7-6-10-18(17(15)3)11-12-19-14-21-9-5-4-8-20(21)13-16(19)2/h4-14H,1-3H3. The third-order valence-corrected chi connectivity index (χ3v) is 4.22. The van der Waals surface area contributed by atoms with Crippen LogP contribution in [0.3, 0.4) is 0 Å². The average Bonchev–Trinajstić information content (AvgIpc) is 2.49. The number of rotatable bonds is 2. The van der Waals surface area contributed by atoms with Gasteiger partial charge in [-0.1, -0.05) is 60.7 Å². The topological polar surface area (TPSA) is 0 Å². The molecule has 0 nitrogen and oxygen atoms in total. The lowest BCUT2D eigenvalue weighted by molar-refractivity contribution is 1.33. The predicted octanol–water partition coefficient (Wildman–Crippen LogP) is 5.94. The van der Waals surface area contributed by atoms with Crippen LogP contribution in [0.25, 0.3) is 22.9 Å². The molecule has 0 amide bonds. The van der Waals surface area contributed by atoms with Crippen molar-refractivity contribution in [2.45, 2.75) is 20.8 Å². The summed E-state index contributed by atoms with van der Waals surface area (Å²) in [6.45, 7) is 6.52. The number of fused-ring (bicyclic) bond motifs is 1. The largest absolute Gasteiger partial charge is 0.0616 e. The Morgan fingerprint density at radius 2 is 1.29 bits per heavy atom. The van der Waals surface area contributed by atoms with Crippen molar-refractivity contribution in [1.82, 2.24) is 0 Å². The molecule has 0 aliphatic heterocycles. The molecule has 0 aliphatic carbocycles. The molecule has 104 valence electrons. The molecule has 0 fully saturated rings. The van der Waals surface area contributed by atoms with Crippen LogP contribution >= 0.6 is 0 Å². The van der Waals surface area contributed by atoms with Crippen LogP contribution in [0.1, 0.15) is 27.8 Å². The molecule has 0 heteroatoms. The van der Waals surface area contributed by atoms with E-state index in [0.29, 0.717) is 0 Å². The SMILES string of the molecule is Cc1cc2ccccc2cc1C=Cc1cccc(C)c1C. The Labute approximate surface area is 126 Å². The minimum Gasteiger partial charge on any atom is -0.0616 e. The lowest BCUT2D eigenvalue weighted by Crippen LogP contribution is -1.86. The van der Waals surface area contributed by atoms with Gasteiger partial charge in [0.25, 0.3) is 0 Å². The van der Waals surface area contributed by atoms with Crippen molar-refractivity contribution in [3.63, 3.8) is 0 Å². The number of aryl methyl sites for hydroxylation is 2. The first-order valence-electron chi connectivity index (χ1n) is 7.39. The fourth-order valence-electron chi connectivity index (χ4n) is 2.69. The van der Waals surface area contributed by atoms with Gasteiger partial charge in [0, 0.05) is 0 Å². The van der Waals surface area contributed by atoms with E-state index < -0.39 is 0 Å². The molecule has 0 heterocycles. The van der Waals surface area contributed by atoms with Gasteiger partial charge in [0.2, 0.25) is 0 Å². The zero-order valence-electron chi connectivity index (χ0n) is 12.9. The predicted molar refractivity (Wildman–Crippen MR) is 93.5 cm³/mol. The first kappa shape index (κ1) is 13.6. The summed E-state index contributed by atoms with van der Waals surface area (Å²) >= 11 is 0. The van der Waals surface area contributed by atoms with Gasteiger partial charge >= 0.3 is 0 Å². The van der Waals surface area contributed by atoms with E-state index in [2.05, 4.69) is 87.5 Å². The summed E-state index contributed by atoms with van der Waals surface area (Å²) < 4.78 is 0. The van der Waals surface area contributed by atoms with Crippen molar-refractivity contribution in [3.8, 4) is 0 Å². The summed E-state index contributed by atoms with van der Waals surface area (Å²) in [6.07, 6.45) is 4.45. The molecule has 0 saturated carbocycles. The van der Waals surface area contributed by atoms with Crippen LogP contribution in [0.4, 0.5) is 0 Å². The molecule has 0 bridgehead atoms. The molecular weight excluding hydrogens is 252 g/mol. The van der Waals surface area contributed by atoms with Crippen molar-refractivity contribution in [2.75, 3.05) is 0 Å². The van der Waals surface area contributed by atoms with E-state index in [-0.39, 0.29) is 0 Å². The molecule has 0 atom stereocenters. The number of hydrogen-bond donors (Lipinski definition) is 0. The van der Waals surface area contributed by atoms with Gasteiger partial charge in [0.15, 0.2) is 0 Å². The Morgan fingerprint density at radius 3 is 2.05 bits per heavy atom. The summed E-state index contributed by atoms with van der Waals surface area (Å²) in [5.41, 5.74) is 6.59. The van der Waals surface area contributed by atoms with Gasteiger partial charge in [-0.05, 0) is 65.4 Å². The highest BCUT2D eigenvalue weighted by molar-refractivity contribution is 5.87. The Balaban J connectivity index is 2.03. The third-order valence-electron chi connectivity index (χ3n) is 4.22. The van der Waals surface area contributed by atoms with E-state index in [9.17, 15) is 0 Å². The zero-order valence-corrected chi connectivity index (χ0v) is 12.9. The molecule has 0 radical (unpaired) electrons. The maximum Gasteiger partial charge on any atom is -0.0178 e. The van der Waals surface area contributed by atoms with E-state index in [0.717, 1.165) is 0 Å². The van der Waals surface area contributed by atoms with Crippen LogP contribution in [0, 0.1) is 20.8 Å². The van der Waals surface area contributed by atoms with Crippen LogP contribution < -0.4 is 0 Å². The van der Waals surface area contributed by atoms with E-state index in [1.165, 1.54) is 38.6 Å². The second-order valence-corrected chi connectivity index (χ2v) is 5.68. The molecule has 0 unspecified atom stereocenters. The van der Waals surface area contributed by atoms with Crippen molar-refractivity contribution >= 4 is 22.9 Å². The van der Waals surface area contributed by atoms with Gasteiger partial charge in [-0.2, -0.15) is 0 Å². The molecule has 0 aliphatic rings. The van der Waals surface area contributed by atoms with Crippen molar-refractivity contribution in [1.29, 1.82) is 0 Å². The van der Waals surface area contributed by atoms with Gasteiger partial charge in [-0.25, -0.2) is 0 Å². The second kappa shape index (κ2) is 5.57. The molecule has 0 spiro atoms. The Morgan fingerprint density at radius 1 is 0.619 bits per heavy atom. The smallest absolute Gasteiger partial charge is 0.0178 e. The van der Waals surface area contributed by atoms with E-state index >= 15 is 0 Å². The van der Waals surface area contributed by atoms with Crippen LogP contribution in [0.5, 0.6) is 0 Å². The maximum atomic E-state index is 2.27. The van der Waals surface area contributed by atoms with Crippen molar-refractivity contribution in [3.05, 3.63) is 82.4 Å². The second-order valence-electron chi connectivity index (χ2n) is 5.68. The van der Waals surface area contributed by atoms with Gasteiger partial charge in [0.05, 0.1) is 0 Å². The molecule has 0 saturated heterocycles. The van der Waals surface area contributed by atoms with E-state index in [1.54, 1.807) is 0 Å². The highest BCUT2D eigenvalue weighted by Crippen LogP contribution is 2.22. The molecule has 3 aromatic carbocycles. The summed E-state index contributed by atoms with van der Waals surface area (Å²) in [5.74, 6) is 0. The maximum absolute atomic E-state index is 2.27. The van der Waals surface area contributed by atoms with Crippen LogP contribution in [0.2, 0.25) is 0 Å².